The lowest BCUT2D eigenvalue weighted by atomic mass is 10.2. The van der Waals surface area contributed by atoms with E-state index in [-0.39, 0.29) is 17.9 Å². The molecule has 0 atom stereocenters. The molecule has 0 aliphatic rings. The molecule has 3 aromatic rings. The van der Waals surface area contributed by atoms with Gasteiger partial charge in [0.2, 0.25) is 11.3 Å². The van der Waals surface area contributed by atoms with Gasteiger partial charge in [0.1, 0.15) is 0 Å². The second kappa shape index (κ2) is 9.27. The third-order valence-corrected chi connectivity index (χ3v) is 4.79. The number of carbonyl (C=O) groups is 2. The standard InChI is InChI=1S/C23H21F3N4O3/c1-14-7-9-17(10-8-14)27-20(32)13-29(3)22(33)21-19(31)11-15(2)30(28-21)18-6-4-5-16(12-18)23(24,25)26/h4-12H,13H2,1-3H3,(H,27,32). The molecule has 3 rings (SSSR count). The van der Waals surface area contributed by atoms with Crippen LogP contribution in [0.3, 0.4) is 0 Å². The van der Waals surface area contributed by atoms with Crippen LogP contribution in [0.15, 0.2) is 59.4 Å². The van der Waals surface area contributed by atoms with E-state index < -0.39 is 34.7 Å². The number of hydrogen-bond donors (Lipinski definition) is 1. The van der Waals surface area contributed by atoms with Crippen molar-refractivity contribution in [3.8, 4) is 5.69 Å². The van der Waals surface area contributed by atoms with Gasteiger partial charge in [0.05, 0.1) is 17.8 Å². The van der Waals surface area contributed by atoms with E-state index in [2.05, 4.69) is 10.4 Å². The Morgan fingerprint density at radius 1 is 1.06 bits per heavy atom. The summed E-state index contributed by atoms with van der Waals surface area (Å²) in [6.07, 6.45) is -4.56. The highest BCUT2D eigenvalue weighted by Gasteiger charge is 2.31. The van der Waals surface area contributed by atoms with Gasteiger partial charge in [-0.05, 0) is 44.2 Å². The van der Waals surface area contributed by atoms with Gasteiger partial charge >= 0.3 is 6.18 Å². The highest BCUT2D eigenvalue weighted by molar-refractivity contribution is 5.98. The van der Waals surface area contributed by atoms with Crippen LogP contribution in [0.4, 0.5) is 18.9 Å². The molecule has 2 aromatic carbocycles. The van der Waals surface area contributed by atoms with Crippen molar-refractivity contribution in [1.29, 1.82) is 0 Å². The Bertz CT molecular complexity index is 1250. The minimum Gasteiger partial charge on any atom is -0.331 e. The molecule has 1 aromatic heterocycles. The Kier molecular flexibility index (Phi) is 6.66. The number of aryl methyl sites for hydroxylation is 2. The van der Waals surface area contributed by atoms with Crippen LogP contribution in [0, 0.1) is 13.8 Å². The number of alkyl halides is 3. The molecule has 0 bridgehead atoms. The van der Waals surface area contributed by atoms with Crippen molar-refractivity contribution in [3.05, 3.63) is 87.3 Å². The Balaban J connectivity index is 1.84. The molecule has 33 heavy (non-hydrogen) atoms. The molecule has 7 nitrogen and oxygen atoms in total. The van der Waals surface area contributed by atoms with Crippen LogP contribution in [-0.4, -0.2) is 40.1 Å². The van der Waals surface area contributed by atoms with E-state index in [9.17, 15) is 27.6 Å². The van der Waals surface area contributed by atoms with Gasteiger partial charge in [-0.2, -0.15) is 18.3 Å². The van der Waals surface area contributed by atoms with Crippen molar-refractivity contribution in [3.63, 3.8) is 0 Å². The van der Waals surface area contributed by atoms with Gasteiger partial charge in [-0.25, -0.2) is 4.68 Å². The molecule has 0 unspecified atom stereocenters. The van der Waals surface area contributed by atoms with Crippen molar-refractivity contribution >= 4 is 17.5 Å². The second-order valence-corrected chi connectivity index (χ2v) is 7.53. The first-order valence-electron chi connectivity index (χ1n) is 9.86. The normalized spacial score (nSPS) is 11.2. The van der Waals surface area contributed by atoms with Crippen molar-refractivity contribution in [2.45, 2.75) is 20.0 Å². The summed E-state index contributed by atoms with van der Waals surface area (Å²) in [7, 11) is 1.33. The molecule has 10 heteroatoms. The van der Waals surface area contributed by atoms with E-state index in [0.29, 0.717) is 5.69 Å². The molecule has 172 valence electrons. The van der Waals surface area contributed by atoms with Crippen LogP contribution in [0.5, 0.6) is 0 Å². The number of halogens is 3. The van der Waals surface area contributed by atoms with Gasteiger partial charge in [0.25, 0.3) is 5.91 Å². The van der Waals surface area contributed by atoms with E-state index in [4.69, 9.17) is 0 Å². The third-order valence-electron chi connectivity index (χ3n) is 4.79. The number of nitrogens with one attached hydrogen (secondary N) is 1. The zero-order chi connectivity index (χ0) is 24.3. The number of amides is 2. The van der Waals surface area contributed by atoms with Crippen molar-refractivity contribution in [2.24, 2.45) is 0 Å². The van der Waals surface area contributed by atoms with Crippen LogP contribution in [0.2, 0.25) is 0 Å². The number of benzene rings is 2. The molecule has 0 aliphatic heterocycles. The van der Waals surface area contributed by atoms with Gasteiger partial charge in [0.15, 0.2) is 5.69 Å². The second-order valence-electron chi connectivity index (χ2n) is 7.53. The summed E-state index contributed by atoms with van der Waals surface area (Å²) >= 11 is 0. The largest absolute Gasteiger partial charge is 0.416 e. The number of likely N-dealkylation sites (N-methyl/N-ethyl adjacent to an activating group) is 1. The molecule has 0 saturated heterocycles. The minimum atomic E-state index is -4.56. The topological polar surface area (TPSA) is 84.3 Å². The van der Waals surface area contributed by atoms with Crippen LogP contribution >= 0.6 is 0 Å². The molecule has 1 heterocycles. The van der Waals surface area contributed by atoms with E-state index in [1.54, 1.807) is 12.1 Å². The maximum absolute atomic E-state index is 13.1. The smallest absolute Gasteiger partial charge is 0.331 e. The van der Waals surface area contributed by atoms with E-state index in [1.165, 1.54) is 26.1 Å². The number of hydrogen-bond acceptors (Lipinski definition) is 4. The molecule has 0 spiro atoms. The number of rotatable bonds is 5. The first-order valence-corrected chi connectivity index (χ1v) is 9.86. The van der Waals surface area contributed by atoms with Gasteiger partial charge < -0.3 is 10.2 Å². The van der Waals surface area contributed by atoms with Crippen LogP contribution < -0.4 is 10.7 Å². The molecule has 0 saturated carbocycles. The molecular formula is C23H21F3N4O3. The summed E-state index contributed by atoms with van der Waals surface area (Å²) in [5.74, 6) is -1.32. The fourth-order valence-corrected chi connectivity index (χ4v) is 3.08. The van der Waals surface area contributed by atoms with E-state index in [1.807, 2.05) is 19.1 Å². The lowest BCUT2D eigenvalue weighted by Gasteiger charge is -2.18. The predicted molar refractivity (Wildman–Crippen MR) is 116 cm³/mol. The molecule has 0 fully saturated rings. The maximum Gasteiger partial charge on any atom is 0.416 e. The van der Waals surface area contributed by atoms with E-state index >= 15 is 0 Å². The summed E-state index contributed by atoms with van der Waals surface area (Å²) in [5.41, 5.74) is -0.255. The Morgan fingerprint density at radius 3 is 2.36 bits per heavy atom. The lowest BCUT2D eigenvalue weighted by Crippen LogP contribution is -2.38. The number of nitrogens with zero attached hydrogens (tertiary/aromatic N) is 3. The molecule has 2 amide bonds. The average Bonchev–Trinajstić information content (AvgIpc) is 2.74. The Morgan fingerprint density at radius 2 is 1.73 bits per heavy atom. The summed E-state index contributed by atoms with van der Waals surface area (Å²) in [6, 6.07) is 12.5. The molecule has 1 N–H and O–H groups in total. The van der Waals surface area contributed by atoms with Gasteiger partial charge in [-0.3, -0.25) is 14.4 Å². The van der Waals surface area contributed by atoms with Crippen molar-refractivity contribution < 1.29 is 22.8 Å². The summed E-state index contributed by atoms with van der Waals surface area (Å²) in [4.78, 5) is 38.5. The molecule has 0 aliphatic carbocycles. The number of carbonyl (C=O) groups excluding carboxylic acids is 2. The highest BCUT2D eigenvalue weighted by Crippen LogP contribution is 2.30. The first-order chi connectivity index (χ1) is 15.5. The SMILES string of the molecule is Cc1ccc(NC(=O)CN(C)C(=O)c2nn(-c3cccc(C(F)(F)F)c3)c(C)cc2=O)cc1. The van der Waals surface area contributed by atoms with Gasteiger partial charge in [-0.1, -0.05) is 23.8 Å². The average molecular weight is 458 g/mol. The monoisotopic (exact) mass is 458 g/mol. The highest BCUT2D eigenvalue weighted by atomic mass is 19.4. The maximum atomic E-state index is 13.1. The number of anilines is 1. The fraction of sp³-hybridized carbons (Fsp3) is 0.217. The molecule has 0 radical (unpaired) electrons. The van der Waals surface area contributed by atoms with Crippen LogP contribution in [0.25, 0.3) is 5.69 Å². The van der Waals surface area contributed by atoms with Crippen LogP contribution in [0.1, 0.15) is 27.3 Å². The lowest BCUT2D eigenvalue weighted by molar-refractivity contribution is -0.137. The predicted octanol–water partition coefficient (Wildman–Crippen LogP) is 3.58. The quantitative estimate of drug-likeness (QED) is 0.634. The summed E-state index contributed by atoms with van der Waals surface area (Å²) in [6.45, 7) is 3.03. The first kappa shape index (κ1) is 23.7. The summed E-state index contributed by atoms with van der Waals surface area (Å²) in [5, 5.41) is 6.65. The van der Waals surface area contributed by atoms with Gasteiger partial charge in [-0.15, -0.1) is 0 Å². The van der Waals surface area contributed by atoms with Gasteiger partial charge in [0, 0.05) is 24.5 Å². The zero-order valence-corrected chi connectivity index (χ0v) is 18.1. The Labute approximate surface area is 187 Å². The third kappa shape index (κ3) is 5.65. The van der Waals surface area contributed by atoms with Crippen LogP contribution in [-0.2, 0) is 11.0 Å². The fourth-order valence-electron chi connectivity index (χ4n) is 3.08. The summed E-state index contributed by atoms with van der Waals surface area (Å²) < 4.78 is 40.3. The minimum absolute atomic E-state index is 0.0381. The number of aromatic nitrogens is 2. The zero-order valence-electron chi connectivity index (χ0n) is 18.1. The van der Waals surface area contributed by atoms with Crippen molar-refractivity contribution in [1.82, 2.24) is 14.7 Å². The van der Waals surface area contributed by atoms with E-state index in [0.717, 1.165) is 33.3 Å². The Hall–Kier alpha value is -3.95. The van der Waals surface area contributed by atoms with Crippen molar-refractivity contribution in [2.75, 3.05) is 18.9 Å². The molecular weight excluding hydrogens is 437 g/mol.